The Balaban J connectivity index is 1.90. The Morgan fingerprint density at radius 3 is 2.41 bits per heavy atom. The second kappa shape index (κ2) is 16.6. The van der Waals surface area contributed by atoms with Crippen LogP contribution in [0.5, 0.6) is 0 Å². The number of aryl methyl sites for hydroxylation is 1. The van der Waals surface area contributed by atoms with Gasteiger partial charge in [-0.05, 0) is 37.2 Å². The number of amides is 3. The van der Waals surface area contributed by atoms with Gasteiger partial charge in [-0.1, -0.05) is 62.4 Å². The van der Waals surface area contributed by atoms with Crippen LogP contribution in [0.25, 0.3) is 0 Å². The van der Waals surface area contributed by atoms with Crippen LogP contribution >= 0.6 is 0 Å². The number of carboxylic acids is 1. The number of nitrogens with one attached hydrogen (secondary N) is 3. The van der Waals surface area contributed by atoms with E-state index in [4.69, 9.17) is 5.11 Å². The Hall–Kier alpha value is -3.14. The van der Waals surface area contributed by atoms with E-state index in [2.05, 4.69) is 20.7 Å². The van der Waals surface area contributed by atoms with Crippen molar-refractivity contribution in [1.29, 1.82) is 0 Å². The molecule has 0 heterocycles. The van der Waals surface area contributed by atoms with E-state index in [1.165, 1.54) is 13.5 Å². The molecule has 0 radical (unpaired) electrons. The standard InChI is InChI=1S/C27H41N3O7/c1-37-27(36)30-22(17-20-11-6-3-7-12-20)23(31)18-24(32)29-21(14-15-25(33)34)26(35)28-16-8-13-19-9-4-2-5-10-19/h2,4-5,9-10,20-23,31H,3,6-8,11-18H2,1H3,(H,28,35)(H,29,32)(H,30,36)(H,33,34)/t21-,22?,23?/m0/s1. The Bertz CT molecular complexity index is 859. The zero-order valence-corrected chi connectivity index (χ0v) is 21.6. The Morgan fingerprint density at radius 2 is 1.76 bits per heavy atom. The lowest BCUT2D eigenvalue weighted by Gasteiger charge is -2.30. The summed E-state index contributed by atoms with van der Waals surface area (Å²) in [5.74, 6) is -1.81. The van der Waals surface area contributed by atoms with E-state index in [1.54, 1.807) is 0 Å². The van der Waals surface area contributed by atoms with Gasteiger partial charge in [0.25, 0.3) is 0 Å². The van der Waals surface area contributed by atoms with Crippen molar-refractivity contribution < 1.29 is 34.1 Å². The van der Waals surface area contributed by atoms with Crippen molar-refractivity contribution in [2.75, 3.05) is 13.7 Å². The lowest BCUT2D eigenvalue weighted by molar-refractivity contribution is -0.138. The zero-order valence-electron chi connectivity index (χ0n) is 21.6. The maximum absolute atomic E-state index is 12.7. The van der Waals surface area contributed by atoms with Gasteiger partial charge in [-0.3, -0.25) is 14.4 Å². The summed E-state index contributed by atoms with van der Waals surface area (Å²) in [5, 5.41) is 27.8. The summed E-state index contributed by atoms with van der Waals surface area (Å²) in [4.78, 5) is 48.4. The molecule has 1 aliphatic rings. The minimum absolute atomic E-state index is 0.0758. The van der Waals surface area contributed by atoms with Gasteiger partial charge in [0, 0.05) is 13.0 Å². The third kappa shape index (κ3) is 12.1. The number of aliphatic hydroxyl groups is 1. The van der Waals surface area contributed by atoms with Crippen molar-refractivity contribution in [3.05, 3.63) is 35.9 Å². The van der Waals surface area contributed by atoms with Gasteiger partial charge in [-0.25, -0.2) is 4.79 Å². The average molecular weight is 520 g/mol. The molecule has 0 bridgehead atoms. The van der Waals surface area contributed by atoms with Crippen molar-refractivity contribution in [3.8, 4) is 0 Å². The van der Waals surface area contributed by atoms with Crippen molar-refractivity contribution >= 4 is 23.9 Å². The number of ether oxygens (including phenoxy) is 1. The molecule has 10 heteroatoms. The molecule has 1 saturated carbocycles. The molecular weight excluding hydrogens is 478 g/mol. The van der Waals surface area contributed by atoms with Gasteiger partial charge in [-0.15, -0.1) is 0 Å². The molecule has 0 spiro atoms. The number of carbonyl (C=O) groups excluding carboxylic acids is 3. The number of benzene rings is 1. The molecular formula is C27H41N3O7. The molecule has 1 aromatic carbocycles. The Morgan fingerprint density at radius 1 is 1.05 bits per heavy atom. The van der Waals surface area contributed by atoms with Crippen LogP contribution in [0.4, 0.5) is 4.79 Å². The number of aliphatic carboxylic acids is 1. The fraction of sp³-hybridized carbons (Fsp3) is 0.630. The maximum atomic E-state index is 12.7. The minimum atomic E-state index is -1.19. The monoisotopic (exact) mass is 519 g/mol. The molecule has 10 nitrogen and oxygen atoms in total. The molecule has 2 rings (SSSR count). The first-order valence-electron chi connectivity index (χ1n) is 13.1. The van der Waals surface area contributed by atoms with E-state index in [-0.39, 0.29) is 19.3 Å². The van der Waals surface area contributed by atoms with E-state index >= 15 is 0 Å². The van der Waals surface area contributed by atoms with Crippen LogP contribution in [0, 0.1) is 5.92 Å². The first-order valence-corrected chi connectivity index (χ1v) is 13.1. The van der Waals surface area contributed by atoms with Crippen LogP contribution in [0.15, 0.2) is 30.3 Å². The van der Waals surface area contributed by atoms with Gasteiger partial charge in [0.15, 0.2) is 0 Å². The summed E-state index contributed by atoms with van der Waals surface area (Å²) in [6.45, 7) is 0.377. The molecule has 0 saturated heterocycles. The summed E-state index contributed by atoms with van der Waals surface area (Å²) >= 11 is 0. The first-order chi connectivity index (χ1) is 17.8. The topological polar surface area (TPSA) is 154 Å². The quantitative estimate of drug-likeness (QED) is 0.223. The van der Waals surface area contributed by atoms with Crippen molar-refractivity contribution in [1.82, 2.24) is 16.0 Å². The third-order valence-corrected chi connectivity index (χ3v) is 6.74. The van der Waals surface area contributed by atoms with Gasteiger partial charge >= 0.3 is 12.1 Å². The van der Waals surface area contributed by atoms with Gasteiger partial charge < -0.3 is 30.9 Å². The van der Waals surface area contributed by atoms with Crippen LogP contribution < -0.4 is 16.0 Å². The van der Waals surface area contributed by atoms with Crippen LogP contribution in [-0.4, -0.2) is 65.9 Å². The number of alkyl carbamates (subject to hydrolysis) is 1. The fourth-order valence-electron chi connectivity index (χ4n) is 4.70. The molecule has 3 amide bonds. The average Bonchev–Trinajstić information content (AvgIpc) is 2.89. The van der Waals surface area contributed by atoms with Crippen LogP contribution in [-0.2, 0) is 25.5 Å². The predicted octanol–water partition coefficient (Wildman–Crippen LogP) is 2.53. The highest BCUT2D eigenvalue weighted by molar-refractivity contribution is 5.88. The Labute approximate surface area is 218 Å². The van der Waals surface area contributed by atoms with Crippen molar-refractivity contribution in [3.63, 3.8) is 0 Å². The zero-order chi connectivity index (χ0) is 27.0. The summed E-state index contributed by atoms with van der Waals surface area (Å²) in [7, 11) is 1.23. The lowest BCUT2D eigenvalue weighted by Crippen LogP contribution is -2.50. The molecule has 5 N–H and O–H groups in total. The molecule has 37 heavy (non-hydrogen) atoms. The molecule has 2 unspecified atom stereocenters. The number of carboxylic acid groups (broad SMARTS) is 1. The smallest absolute Gasteiger partial charge is 0.407 e. The minimum Gasteiger partial charge on any atom is -0.481 e. The highest BCUT2D eigenvalue weighted by atomic mass is 16.5. The van der Waals surface area contributed by atoms with Gasteiger partial charge in [0.2, 0.25) is 11.8 Å². The number of hydrogen-bond donors (Lipinski definition) is 5. The summed E-state index contributed by atoms with van der Waals surface area (Å²) in [5.41, 5.74) is 1.14. The second-order valence-corrected chi connectivity index (χ2v) is 9.69. The maximum Gasteiger partial charge on any atom is 0.407 e. The summed E-state index contributed by atoms with van der Waals surface area (Å²) in [6, 6.07) is 8.10. The van der Waals surface area contributed by atoms with E-state index in [0.29, 0.717) is 25.3 Å². The number of hydrogen-bond acceptors (Lipinski definition) is 6. The molecule has 3 atom stereocenters. The van der Waals surface area contributed by atoms with E-state index in [1.807, 2.05) is 30.3 Å². The van der Waals surface area contributed by atoms with Crippen LogP contribution in [0.1, 0.15) is 69.8 Å². The van der Waals surface area contributed by atoms with E-state index in [9.17, 15) is 24.3 Å². The second-order valence-electron chi connectivity index (χ2n) is 9.69. The molecule has 0 aliphatic heterocycles. The largest absolute Gasteiger partial charge is 0.481 e. The van der Waals surface area contributed by atoms with Crippen LogP contribution in [0.2, 0.25) is 0 Å². The van der Waals surface area contributed by atoms with E-state index in [0.717, 1.165) is 37.7 Å². The number of rotatable bonds is 15. The van der Waals surface area contributed by atoms with Crippen molar-refractivity contribution in [2.45, 2.75) is 88.8 Å². The SMILES string of the molecule is COC(=O)NC(CC1CCCCC1)C(O)CC(=O)N[C@@H](CCC(=O)O)C(=O)NCCCc1ccccc1. The highest BCUT2D eigenvalue weighted by Crippen LogP contribution is 2.28. The van der Waals surface area contributed by atoms with Gasteiger partial charge in [0.05, 0.1) is 25.7 Å². The molecule has 0 aromatic heterocycles. The summed E-state index contributed by atoms with van der Waals surface area (Å²) in [6.07, 6.45) is 4.76. The van der Waals surface area contributed by atoms with Crippen molar-refractivity contribution in [2.24, 2.45) is 5.92 Å². The summed E-state index contributed by atoms with van der Waals surface area (Å²) < 4.78 is 4.68. The normalized spacial score (nSPS) is 16.2. The number of aliphatic hydroxyl groups excluding tert-OH is 1. The number of methoxy groups -OCH3 is 1. The third-order valence-electron chi connectivity index (χ3n) is 6.74. The highest BCUT2D eigenvalue weighted by Gasteiger charge is 2.29. The fourth-order valence-corrected chi connectivity index (χ4v) is 4.70. The number of carbonyl (C=O) groups is 4. The van der Waals surface area contributed by atoms with Crippen LogP contribution in [0.3, 0.4) is 0 Å². The Kier molecular flexibility index (Phi) is 13.5. The molecule has 1 fully saturated rings. The van der Waals surface area contributed by atoms with Gasteiger partial charge in [-0.2, -0.15) is 0 Å². The molecule has 1 aromatic rings. The van der Waals surface area contributed by atoms with Gasteiger partial charge in [0.1, 0.15) is 6.04 Å². The molecule has 206 valence electrons. The predicted molar refractivity (Wildman–Crippen MR) is 138 cm³/mol. The lowest BCUT2D eigenvalue weighted by atomic mass is 9.83. The van der Waals surface area contributed by atoms with E-state index < -0.39 is 42.1 Å². The first kappa shape index (κ1) is 30.1. The molecule has 1 aliphatic carbocycles.